The molecule has 1 aliphatic carbocycles. The second-order valence-corrected chi connectivity index (χ2v) is 6.42. The average molecular weight is 218 g/mol. The Balaban J connectivity index is 0.00000128. The Hall–Kier alpha value is -0.780. The average Bonchev–Trinajstić information content (AvgIpc) is 2.26. The fourth-order valence-electron chi connectivity index (χ4n) is 3.03. The van der Waals surface area contributed by atoms with Crippen LogP contribution in [-0.4, -0.2) is 0 Å². The van der Waals surface area contributed by atoms with E-state index in [0.717, 1.165) is 0 Å². The van der Waals surface area contributed by atoms with Crippen LogP contribution in [0.3, 0.4) is 0 Å². The number of benzene rings is 1. The molecule has 0 amide bonds. The first-order chi connectivity index (χ1) is 6.73. The number of fused-ring (bicyclic) bond motifs is 1. The lowest BCUT2D eigenvalue weighted by Crippen LogP contribution is -2.42. The van der Waals surface area contributed by atoms with Gasteiger partial charge >= 0.3 is 0 Å². The first kappa shape index (κ1) is 13.3. The minimum atomic E-state index is 0. The van der Waals surface area contributed by atoms with Crippen LogP contribution in [0.4, 0.5) is 0 Å². The predicted molar refractivity (Wildman–Crippen MR) is 73.0 cm³/mol. The van der Waals surface area contributed by atoms with Crippen LogP contribution in [0.25, 0.3) is 0 Å². The molecule has 0 bridgehead atoms. The third kappa shape index (κ3) is 1.22. The van der Waals surface area contributed by atoms with E-state index in [4.69, 9.17) is 0 Å². The van der Waals surface area contributed by atoms with Gasteiger partial charge in [0.2, 0.25) is 0 Å². The van der Waals surface area contributed by atoms with E-state index in [2.05, 4.69) is 65.8 Å². The Morgan fingerprint density at radius 2 is 1.00 bits per heavy atom. The first-order valence-electron chi connectivity index (χ1n) is 5.83. The van der Waals surface area contributed by atoms with Gasteiger partial charge < -0.3 is 0 Å². The van der Waals surface area contributed by atoms with Gasteiger partial charge in [-0.05, 0) is 27.4 Å². The fourth-order valence-corrected chi connectivity index (χ4v) is 3.03. The molecular weight excluding hydrogens is 192 g/mol. The van der Waals surface area contributed by atoms with E-state index in [1.54, 1.807) is 0 Å². The smallest absolute Gasteiger partial charge is 0.00412 e. The monoisotopic (exact) mass is 218 g/mol. The summed E-state index contributed by atoms with van der Waals surface area (Å²) in [7, 11) is 0. The van der Waals surface area contributed by atoms with Gasteiger partial charge in [-0.3, -0.25) is 0 Å². The standard InChI is InChI=1S/C15H22.CH4/c1-13(2)11-9-7-8-10-12(11)14(3,4)15(13,5)6;/h7-10H,1-6H3;1H4. The Bertz CT molecular complexity index is 357. The fraction of sp³-hybridized carbons (Fsp3) is 0.625. The molecule has 0 heteroatoms. The van der Waals surface area contributed by atoms with Gasteiger partial charge in [0, 0.05) is 0 Å². The van der Waals surface area contributed by atoms with Crippen LogP contribution >= 0.6 is 0 Å². The highest BCUT2D eigenvalue weighted by molar-refractivity contribution is 5.48. The molecule has 0 atom stereocenters. The molecule has 90 valence electrons. The second kappa shape index (κ2) is 3.35. The van der Waals surface area contributed by atoms with Crippen molar-refractivity contribution in [3.05, 3.63) is 35.4 Å². The lowest BCUT2D eigenvalue weighted by Gasteiger charge is -2.44. The summed E-state index contributed by atoms with van der Waals surface area (Å²) in [5.41, 5.74) is 3.86. The zero-order valence-electron chi connectivity index (χ0n) is 10.8. The Morgan fingerprint density at radius 3 is 1.31 bits per heavy atom. The lowest BCUT2D eigenvalue weighted by molar-refractivity contribution is 0.125. The van der Waals surface area contributed by atoms with Gasteiger partial charge in [-0.2, -0.15) is 0 Å². The summed E-state index contributed by atoms with van der Waals surface area (Å²) in [5, 5.41) is 0. The maximum Gasteiger partial charge on any atom is -0.00412 e. The minimum absolute atomic E-state index is 0. The molecule has 0 N–H and O–H groups in total. The maximum absolute atomic E-state index is 2.40. The Morgan fingerprint density at radius 1 is 0.688 bits per heavy atom. The third-order valence-corrected chi connectivity index (χ3v) is 5.40. The molecule has 16 heavy (non-hydrogen) atoms. The van der Waals surface area contributed by atoms with Crippen molar-refractivity contribution in [2.75, 3.05) is 0 Å². The Labute approximate surface area is 101 Å². The summed E-state index contributed by atoms with van der Waals surface area (Å²) >= 11 is 0. The molecule has 2 rings (SSSR count). The number of rotatable bonds is 0. The van der Waals surface area contributed by atoms with E-state index < -0.39 is 0 Å². The van der Waals surface area contributed by atoms with Gasteiger partial charge in [0.25, 0.3) is 0 Å². The van der Waals surface area contributed by atoms with Crippen LogP contribution in [0.5, 0.6) is 0 Å². The molecule has 0 radical (unpaired) electrons. The Kier molecular flexibility index (Phi) is 2.79. The number of hydrogen-bond donors (Lipinski definition) is 0. The second-order valence-electron chi connectivity index (χ2n) is 6.42. The highest BCUT2D eigenvalue weighted by atomic mass is 14.6. The van der Waals surface area contributed by atoms with Crippen molar-refractivity contribution in [2.24, 2.45) is 5.41 Å². The van der Waals surface area contributed by atoms with E-state index >= 15 is 0 Å². The van der Waals surface area contributed by atoms with E-state index in [-0.39, 0.29) is 18.3 Å². The molecule has 0 unspecified atom stereocenters. The topological polar surface area (TPSA) is 0 Å². The van der Waals surface area contributed by atoms with Crippen LogP contribution in [-0.2, 0) is 10.8 Å². The van der Waals surface area contributed by atoms with Crippen molar-refractivity contribution in [3.8, 4) is 0 Å². The first-order valence-corrected chi connectivity index (χ1v) is 5.83. The third-order valence-electron chi connectivity index (χ3n) is 5.40. The molecule has 0 heterocycles. The van der Waals surface area contributed by atoms with E-state index in [9.17, 15) is 0 Å². The van der Waals surface area contributed by atoms with Gasteiger partial charge in [-0.1, -0.05) is 73.2 Å². The molecule has 1 aromatic carbocycles. The molecule has 0 aliphatic heterocycles. The van der Waals surface area contributed by atoms with Crippen molar-refractivity contribution in [2.45, 2.75) is 59.8 Å². The van der Waals surface area contributed by atoms with Crippen molar-refractivity contribution in [1.29, 1.82) is 0 Å². The zero-order valence-corrected chi connectivity index (χ0v) is 10.8. The molecule has 0 saturated heterocycles. The molecule has 0 aromatic heterocycles. The molecular formula is C16H26. The quantitative estimate of drug-likeness (QED) is 0.580. The summed E-state index contributed by atoms with van der Waals surface area (Å²) in [6, 6.07) is 8.92. The van der Waals surface area contributed by atoms with E-state index in [1.807, 2.05) is 0 Å². The highest BCUT2D eigenvalue weighted by Gasteiger charge is 2.56. The van der Waals surface area contributed by atoms with Crippen LogP contribution < -0.4 is 0 Å². The van der Waals surface area contributed by atoms with Crippen LogP contribution in [0.1, 0.15) is 60.1 Å². The van der Waals surface area contributed by atoms with Crippen LogP contribution in [0.2, 0.25) is 0 Å². The highest BCUT2D eigenvalue weighted by Crippen LogP contribution is 2.61. The van der Waals surface area contributed by atoms with Gasteiger partial charge in [-0.25, -0.2) is 0 Å². The molecule has 1 aliphatic rings. The lowest BCUT2D eigenvalue weighted by atomic mass is 9.59. The van der Waals surface area contributed by atoms with Gasteiger partial charge in [0.1, 0.15) is 0 Å². The van der Waals surface area contributed by atoms with Crippen molar-refractivity contribution in [1.82, 2.24) is 0 Å². The summed E-state index contributed by atoms with van der Waals surface area (Å²) in [5.74, 6) is 0. The van der Waals surface area contributed by atoms with E-state index in [1.165, 1.54) is 11.1 Å². The largest absolute Gasteiger partial charge is 0.0776 e. The summed E-state index contributed by atoms with van der Waals surface area (Å²) in [6.07, 6.45) is 0. The summed E-state index contributed by atoms with van der Waals surface area (Å²) in [6.45, 7) is 14.3. The summed E-state index contributed by atoms with van der Waals surface area (Å²) in [4.78, 5) is 0. The molecule has 0 spiro atoms. The zero-order chi connectivity index (χ0) is 11.5. The number of hydrogen-bond acceptors (Lipinski definition) is 0. The normalized spacial score (nSPS) is 23.4. The van der Waals surface area contributed by atoms with Crippen molar-refractivity contribution in [3.63, 3.8) is 0 Å². The molecule has 1 aromatic rings. The van der Waals surface area contributed by atoms with Gasteiger partial charge in [-0.15, -0.1) is 0 Å². The van der Waals surface area contributed by atoms with Crippen molar-refractivity contribution >= 4 is 0 Å². The summed E-state index contributed by atoms with van der Waals surface area (Å²) < 4.78 is 0. The predicted octanol–water partition coefficient (Wildman–Crippen LogP) is 4.92. The van der Waals surface area contributed by atoms with E-state index in [0.29, 0.717) is 5.41 Å². The molecule has 0 saturated carbocycles. The van der Waals surface area contributed by atoms with Crippen LogP contribution in [0.15, 0.2) is 24.3 Å². The van der Waals surface area contributed by atoms with Gasteiger partial charge in [0.15, 0.2) is 0 Å². The van der Waals surface area contributed by atoms with Gasteiger partial charge in [0.05, 0.1) is 0 Å². The van der Waals surface area contributed by atoms with Crippen molar-refractivity contribution < 1.29 is 0 Å². The molecule has 0 nitrogen and oxygen atoms in total. The van der Waals surface area contributed by atoms with Crippen LogP contribution in [0, 0.1) is 5.41 Å². The molecule has 0 fully saturated rings. The maximum atomic E-state index is 2.40. The SMILES string of the molecule is C.CC1(C)c2ccccc2C(C)(C)C1(C)C. The minimum Gasteiger partial charge on any atom is -0.0776 e.